The molecule has 0 fully saturated rings. The quantitative estimate of drug-likeness (QED) is 0.575. The maximum Gasteiger partial charge on any atom is 0.00324 e. The predicted molar refractivity (Wildman–Crippen MR) is 28.8 cm³/mol. The van der Waals surface area contributed by atoms with Crippen molar-refractivity contribution in [3.05, 3.63) is 0 Å². The second-order valence-electron chi connectivity index (χ2n) is 2.06. The first-order chi connectivity index (χ1) is 2.64. The fourth-order valence-corrected chi connectivity index (χ4v) is 0. The minimum absolute atomic E-state index is 0. The number of nitrogens with zero attached hydrogens (tertiary/aromatic N) is 1. The molecule has 41 valence electrons. The van der Waals surface area contributed by atoms with Crippen molar-refractivity contribution in [3.63, 3.8) is 0 Å². The molecule has 0 N–H and O–H groups in total. The fourth-order valence-electron chi connectivity index (χ4n) is 0. The topological polar surface area (TPSA) is 3.24 Å². The monoisotopic (exact) mass is 176 g/mol. The molecule has 0 unspecified atom stereocenters. The van der Waals surface area contributed by atoms with E-state index in [-0.39, 0.29) is 32.7 Å². The Balaban J connectivity index is 0. The maximum atomic E-state index is 2.17. The van der Waals surface area contributed by atoms with Gasteiger partial charge in [-0.3, -0.25) is 0 Å². The third-order valence-electron chi connectivity index (χ3n) is 1.03. The van der Waals surface area contributed by atoms with Gasteiger partial charge >= 0.3 is 0 Å². The first-order valence-corrected chi connectivity index (χ1v) is 2.31. The molecule has 1 nitrogen and oxygen atoms in total. The zero-order valence-electron chi connectivity index (χ0n) is 5.60. The standard InChI is InChI=1S/C5H13N.Y/c1-5(2)6(3)4;/h5H,1-4H3;. The first kappa shape index (κ1) is 10.9. The van der Waals surface area contributed by atoms with Crippen LogP contribution in [0, 0.1) is 0 Å². The Bertz CT molecular complexity index is 29.1. The van der Waals surface area contributed by atoms with Gasteiger partial charge in [-0.2, -0.15) is 0 Å². The van der Waals surface area contributed by atoms with Crippen LogP contribution in [-0.2, 0) is 32.7 Å². The first-order valence-electron chi connectivity index (χ1n) is 2.31. The summed E-state index contributed by atoms with van der Waals surface area (Å²) >= 11 is 0. The Morgan fingerprint density at radius 2 is 1.29 bits per heavy atom. The van der Waals surface area contributed by atoms with Gasteiger partial charge in [0.2, 0.25) is 0 Å². The Labute approximate surface area is 71.3 Å². The minimum atomic E-state index is 0. The zero-order valence-corrected chi connectivity index (χ0v) is 8.44. The summed E-state index contributed by atoms with van der Waals surface area (Å²) in [6.07, 6.45) is 0. The van der Waals surface area contributed by atoms with Gasteiger partial charge in [-0.1, -0.05) is 0 Å². The molecule has 0 saturated heterocycles. The van der Waals surface area contributed by atoms with Crippen molar-refractivity contribution in [1.29, 1.82) is 0 Å². The molecule has 0 spiro atoms. The molecular formula is C5H13NY. The van der Waals surface area contributed by atoms with Crippen molar-refractivity contribution in [2.45, 2.75) is 19.9 Å². The maximum absolute atomic E-state index is 2.17. The SMILES string of the molecule is CC(C)N(C)C.[Y]. The average molecular weight is 176 g/mol. The van der Waals surface area contributed by atoms with Crippen molar-refractivity contribution in [1.82, 2.24) is 4.90 Å². The van der Waals surface area contributed by atoms with Crippen molar-refractivity contribution < 1.29 is 32.7 Å². The number of rotatable bonds is 1. The van der Waals surface area contributed by atoms with E-state index in [1.165, 1.54) is 0 Å². The zero-order chi connectivity index (χ0) is 5.15. The number of hydrogen-bond donors (Lipinski definition) is 0. The second-order valence-corrected chi connectivity index (χ2v) is 2.06. The van der Waals surface area contributed by atoms with E-state index < -0.39 is 0 Å². The molecule has 0 rings (SSSR count). The van der Waals surface area contributed by atoms with E-state index in [1.807, 2.05) is 0 Å². The summed E-state index contributed by atoms with van der Waals surface area (Å²) in [7, 11) is 4.15. The van der Waals surface area contributed by atoms with Gasteiger partial charge in [0.05, 0.1) is 0 Å². The molecule has 0 heterocycles. The van der Waals surface area contributed by atoms with E-state index in [0.29, 0.717) is 6.04 Å². The van der Waals surface area contributed by atoms with Crippen LogP contribution in [0.3, 0.4) is 0 Å². The second kappa shape index (κ2) is 5.21. The van der Waals surface area contributed by atoms with Crippen LogP contribution in [0.4, 0.5) is 0 Å². The summed E-state index contributed by atoms with van der Waals surface area (Å²) in [5, 5.41) is 0. The molecule has 0 atom stereocenters. The van der Waals surface area contributed by atoms with Crippen LogP contribution in [0.2, 0.25) is 0 Å². The van der Waals surface area contributed by atoms with Crippen LogP contribution in [0.15, 0.2) is 0 Å². The Morgan fingerprint density at radius 1 is 1.14 bits per heavy atom. The van der Waals surface area contributed by atoms with Gasteiger partial charge in [-0.15, -0.1) is 0 Å². The summed E-state index contributed by atoms with van der Waals surface area (Å²) < 4.78 is 0. The normalized spacial score (nSPS) is 9.43. The summed E-state index contributed by atoms with van der Waals surface area (Å²) in [5.74, 6) is 0. The van der Waals surface area contributed by atoms with Gasteiger partial charge in [0.1, 0.15) is 0 Å². The van der Waals surface area contributed by atoms with E-state index in [0.717, 1.165) is 0 Å². The summed E-state index contributed by atoms with van der Waals surface area (Å²) in [6, 6.07) is 0.685. The Hall–Kier alpha value is 1.06. The Kier molecular flexibility index (Phi) is 8.14. The summed E-state index contributed by atoms with van der Waals surface area (Å²) in [6.45, 7) is 4.33. The smallest absolute Gasteiger partial charge is 0.00324 e. The van der Waals surface area contributed by atoms with E-state index in [9.17, 15) is 0 Å². The predicted octanol–water partition coefficient (Wildman–Crippen LogP) is 0.954. The molecule has 2 heteroatoms. The molecule has 0 aromatic carbocycles. The van der Waals surface area contributed by atoms with E-state index >= 15 is 0 Å². The molecule has 0 bridgehead atoms. The molecule has 0 amide bonds. The molecule has 1 radical (unpaired) electrons. The van der Waals surface area contributed by atoms with E-state index in [4.69, 9.17) is 0 Å². The molecule has 0 aliphatic rings. The minimum Gasteiger partial charge on any atom is -0.307 e. The van der Waals surface area contributed by atoms with Gasteiger partial charge in [-0.05, 0) is 27.9 Å². The van der Waals surface area contributed by atoms with Crippen LogP contribution >= 0.6 is 0 Å². The average Bonchev–Trinajstić information content (AvgIpc) is 1.36. The summed E-state index contributed by atoms with van der Waals surface area (Å²) in [5.41, 5.74) is 0. The molecule has 0 aliphatic carbocycles. The van der Waals surface area contributed by atoms with Crippen LogP contribution in [-0.4, -0.2) is 25.0 Å². The largest absolute Gasteiger partial charge is 0.307 e. The van der Waals surface area contributed by atoms with Crippen LogP contribution in [0.1, 0.15) is 13.8 Å². The van der Waals surface area contributed by atoms with Crippen molar-refractivity contribution in [2.75, 3.05) is 14.1 Å². The van der Waals surface area contributed by atoms with E-state index in [2.05, 4.69) is 32.8 Å². The van der Waals surface area contributed by atoms with Crippen molar-refractivity contribution in [2.24, 2.45) is 0 Å². The van der Waals surface area contributed by atoms with E-state index in [1.54, 1.807) is 0 Å². The molecule has 0 aromatic rings. The number of hydrogen-bond acceptors (Lipinski definition) is 1. The van der Waals surface area contributed by atoms with Crippen LogP contribution in [0.25, 0.3) is 0 Å². The third-order valence-corrected chi connectivity index (χ3v) is 1.03. The molecule has 0 saturated carbocycles. The van der Waals surface area contributed by atoms with Gasteiger partial charge in [0.15, 0.2) is 0 Å². The van der Waals surface area contributed by atoms with Gasteiger partial charge < -0.3 is 4.90 Å². The fraction of sp³-hybridized carbons (Fsp3) is 1.00. The molecular weight excluding hydrogens is 163 g/mol. The molecule has 7 heavy (non-hydrogen) atoms. The third kappa shape index (κ3) is 7.06. The molecule has 0 aromatic heterocycles. The van der Waals surface area contributed by atoms with Crippen molar-refractivity contribution >= 4 is 0 Å². The van der Waals surface area contributed by atoms with Crippen LogP contribution < -0.4 is 0 Å². The van der Waals surface area contributed by atoms with Gasteiger partial charge in [-0.25, -0.2) is 0 Å². The van der Waals surface area contributed by atoms with Crippen molar-refractivity contribution in [3.8, 4) is 0 Å². The summed E-state index contributed by atoms with van der Waals surface area (Å²) in [4.78, 5) is 2.17. The molecule has 0 aliphatic heterocycles. The Morgan fingerprint density at radius 3 is 1.29 bits per heavy atom. The van der Waals surface area contributed by atoms with Gasteiger partial charge in [0, 0.05) is 38.8 Å². The van der Waals surface area contributed by atoms with Gasteiger partial charge in [0.25, 0.3) is 0 Å². The van der Waals surface area contributed by atoms with Crippen LogP contribution in [0.5, 0.6) is 0 Å².